The average molecular weight is 420 g/mol. The van der Waals surface area contributed by atoms with Gasteiger partial charge < -0.3 is 15.1 Å². The van der Waals surface area contributed by atoms with E-state index in [1.165, 1.54) is 12.1 Å². The fourth-order valence-electron chi connectivity index (χ4n) is 3.16. The number of hydrogen-bond acceptors (Lipinski definition) is 5. The van der Waals surface area contributed by atoms with E-state index in [4.69, 9.17) is 0 Å². The van der Waals surface area contributed by atoms with Crippen LogP contribution in [0.1, 0.15) is 15.9 Å². The Balaban J connectivity index is 1.52. The molecule has 2 heterocycles. The summed E-state index contributed by atoms with van der Waals surface area (Å²) in [6, 6.07) is 9.71. The number of carbonyl (C=O) groups is 1. The van der Waals surface area contributed by atoms with E-state index in [0.29, 0.717) is 5.69 Å². The van der Waals surface area contributed by atoms with E-state index >= 15 is 0 Å². The molecule has 5 nitrogen and oxygen atoms in total. The first-order valence-corrected chi connectivity index (χ1v) is 9.94. The molecule has 0 atom stereocenters. The number of alkyl halides is 3. The van der Waals surface area contributed by atoms with Crippen molar-refractivity contribution >= 4 is 38.3 Å². The lowest BCUT2D eigenvalue weighted by atomic mass is 10.1. The number of anilines is 2. The van der Waals surface area contributed by atoms with Gasteiger partial charge in [0.05, 0.1) is 15.8 Å². The molecular formula is C20H19F3N4OS. The van der Waals surface area contributed by atoms with Gasteiger partial charge in [0.25, 0.3) is 5.91 Å². The SMILES string of the molecule is CN1CCN(c2nc3ccc(NC(=O)c4cccc(C(F)(F)F)c4)cc3s2)CC1. The Morgan fingerprint density at radius 3 is 2.59 bits per heavy atom. The van der Waals surface area contributed by atoms with Gasteiger partial charge in [0.15, 0.2) is 5.13 Å². The minimum atomic E-state index is -4.49. The first-order valence-electron chi connectivity index (χ1n) is 9.12. The van der Waals surface area contributed by atoms with Crippen LogP contribution in [0.2, 0.25) is 0 Å². The molecule has 0 radical (unpaired) electrons. The number of thiazole rings is 1. The Hall–Kier alpha value is -2.65. The summed E-state index contributed by atoms with van der Waals surface area (Å²) in [5, 5.41) is 3.62. The molecule has 152 valence electrons. The van der Waals surface area contributed by atoms with Gasteiger partial charge in [-0.3, -0.25) is 4.79 Å². The first-order chi connectivity index (χ1) is 13.8. The third kappa shape index (κ3) is 4.35. The van der Waals surface area contributed by atoms with Gasteiger partial charge in [-0.2, -0.15) is 13.2 Å². The van der Waals surface area contributed by atoms with E-state index in [1.54, 1.807) is 23.5 Å². The molecule has 0 saturated carbocycles. The Bertz CT molecular complexity index is 1040. The normalized spacial score (nSPS) is 15.7. The minimum absolute atomic E-state index is 0.0395. The number of carbonyl (C=O) groups excluding carboxylic acids is 1. The quantitative estimate of drug-likeness (QED) is 0.686. The van der Waals surface area contributed by atoms with Crippen LogP contribution in [0.15, 0.2) is 42.5 Å². The predicted molar refractivity (Wildman–Crippen MR) is 109 cm³/mol. The zero-order valence-electron chi connectivity index (χ0n) is 15.7. The molecule has 0 spiro atoms. The number of aromatic nitrogens is 1. The predicted octanol–water partition coefficient (Wildman–Crippen LogP) is 4.32. The highest BCUT2D eigenvalue weighted by Gasteiger charge is 2.30. The zero-order chi connectivity index (χ0) is 20.6. The van der Waals surface area contributed by atoms with E-state index in [9.17, 15) is 18.0 Å². The van der Waals surface area contributed by atoms with Crippen LogP contribution in [0.5, 0.6) is 0 Å². The van der Waals surface area contributed by atoms with Crippen molar-refractivity contribution in [1.82, 2.24) is 9.88 Å². The van der Waals surface area contributed by atoms with Crippen LogP contribution >= 0.6 is 11.3 Å². The van der Waals surface area contributed by atoms with Gasteiger partial charge in [-0.05, 0) is 43.4 Å². The maximum atomic E-state index is 12.9. The summed E-state index contributed by atoms with van der Waals surface area (Å²) in [5.41, 5.74) is 0.469. The molecule has 1 saturated heterocycles. The second kappa shape index (κ2) is 7.64. The molecule has 1 aliphatic heterocycles. The molecule has 1 fully saturated rings. The summed E-state index contributed by atoms with van der Waals surface area (Å²) in [6.45, 7) is 3.79. The number of nitrogens with one attached hydrogen (secondary N) is 1. The van der Waals surface area contributed by atoms with Crippen LogP contribution in [0.4, 0.5) is 24.0 Å². The number of rotatable bonds is 3. The molecule has 3 aromatic rings. The van der Waals surface area contributed by atoms with Gasteiger partial charge in [0.1, 0.15) is 0 Å². The Labute approximate surface area is 169 Å². The van der Waals surface area contributed by atoms with Crippen molar-refractivity contribution in [2.75, 3.05) is 43.4 Å². The highest BCUT2D eigenvalue weighted by molar-refractivity contribution is 7.22. The van der Waals surface area contributed by atoms with E-state index in [0.717, 1.165) is 53.7 Å². The molecule has 1 amide bonds. The van der Waals surface area contributed by atoms with Crippen molar-refractivity contribution in [2.24, 2.45) is 0 Å². The lowest BCUT2D eigenvalue weighted by molar-refractivity contribution is -0.137. The maximum Gasteiger partial charge on any atom is 0.416 e. The molecule has 1 aliphatic rings. The van der Waals surface area contributed by atoms with Crippen LogP contribution in [0, 0.1) is 0 Å². The number of amides is 1. The monoisotopic (exact) mass is 420 g/mol. The summed E-state index contributed by atoms with van der Waals surface area (Å²) >= 11 is 1.54. The molecule has 0 unspecified atom stereocenters. The van der Waals surface area contributed by atoms with Gasteiger partial charge in [0.2, 0.25) is 0 Å². The smallest absolute Gasteiger partial charge is 0.345 e. The second-order valence-corrected chi connectivity index (χ2v) is 8.01. The number of benzene rings is 2. The van der Waals surface area contributed by atoms with Crippen LogP contribution in [0.3, 0.4) is 0 Å². The van der Waals surface area contributed by atoms with Gasteiger partial charge in [-0.25, -0.2) is 4.98 Å². The highest BCUT2D eigenvalue weighted by Crippen LogP contribution is 2.32. The topological polar surface area (TPSA) is 48.5 Å². The molecular weight excluding hydrogens is 401 g/mol. The fourth-order valence-corrected chi connectivity index (χ4v) is 4.22. The van der Waals surface area contributed by atoms with Crippen molar-refractivity contribution in [3.05, 3.63) is 53.6 Å². The lowest BCUT2D eigenvalue weighted by Gasteiger charge is -2.31. The van der Waals surface area contributed by atoms with Crippen molar-refractivity contribution < 1.29 is 18.0 Å². The number of fused-ring (bicyclic) bond motifs is 1. The van der Waals surface area contributed by atoms with E-state index in [-0.39, 0.29) is 5.56 Å². The van der Waals surface area contributed by atoms with Crippen LogP contribution in [-0.2, 0) is 6.18 Å². The number of likely N-dealkylation sites (N-methyl/N-ethyl adjacent to an activating group) is 1. The number of halogens is 3. The second-order valence-electron chi connectivity index (χ2n) is 7.00. The summed E-state index contributed by atoms with van der Waals surface area (Å²) in [7, 11) is 2.09. The van der Waals surface area contributed by atoms with Crippen molar-refractivity contribution in [1.29, 1.82) is 0 Å². The van der Waals surface area contributed by atoms with Crippen molar-refractivity contribution in [3.63, 3.8) is 0 Å². The molecule has 0 aliphatic carbocycles. The largest absolute Gasteiger partial charge is 0.416 e. The van der Waals surface area contributed by atoms with Gasteiger partial charge >= 0.3 is 6.18 Å². The standard InChI is InChI=1S/C20H19F3N4OS/c1-26-7-9-27(10-8-26)19-25-16-6-5-15(12-17(16)29-19)24-18(28)13-3-2-4-14(11-13)20(21,22)23/h2-6,11-12H,7-10H2,1H3,(H,24,28). The van der Waals surface area contributed by atoms with Gasteiger partial charge in [-0.1, -0.05) is 17.4 Å². The molecule has 4 rings (SSSR count). The van der Waals surface area contributed by atoms with Crippen molar-refractivity contribution in [3.8, 4) is 0 Å². The lowest BCUT2D eigenvalue weighted by Crippen LogP contribution is -2.44. The number of nitrogens with zero attached hydrogens (tertiary/aromatic N) is 3. The fraction of sp³-hybridized carbons (Fsp3) is 0.300. The number of hydrogen-bond donors (Lipinski definition) is 1. The molecule has 29 heavy (non-hydrogen) atoms. The highest BCUT2D eigenvalue weighted by atomic mass is 32.1. The molecule has 9 heteroatoms. The van der Waals surface area contributed by atoms with Gasteiger partial charge in [0, 0.05) is 37.4 Å². The Morgan fingerprint density at radius 2 is 1.86 bits per heavy atom. The van der Waals surface area contributed by atoms with Crippen LogP contribution in [0.25, 0.3) is 10.2 Å². The van der Waals surface area contributed by atoms with E-state index < -0.39 is 17.6 Å². The molecule has 1 N–H and O–H groups in total. The Kier molecular flexibility index (Phi) is 5.18. The third-order valence-corrected chi connectivity index (χ3v) is 5.94. The molecule has 2 aromatic carbocycles. The Morgan fingerprint density at radius 1 is 1.10 bits per heavy atom. The average Bonchev–Trinajstić information content (AvgIpc) is 3.11. The summed E-state index contributed by atoms with van der Waals surface area (Å²) < 4.78 is 39.5. The zero-order valence-corrected chi connectivity index (χ0v) is 16.5. The summed E-state index contributed by atoms with van der Waals surface area (Å²) in [4.78, 5) is 21.6. The molecule has 1 aromatic heterocycles. The molecule has 0 bridgehead atoms. The third-order valence-electron chi connectivity index (χ3n) is 4.86. The summed E-state index contributed by atoms with van der Waals surface area (Å²) in [6.07, 6.45) is -4.49. The number of piperazine rings is 1. The van der Waals surface area contributed by atoms with E-state index in [2.05, 4.69) is 27.1 Å². The van der Waals surface area contributed by atoms with Gasteiger partial charge in [-0.15, -0.1) is 0 Å². The first kappa shape index (κ1) is 19.7. The van der Waals surface area contributed by atoms with Crippen molar-refractivity contribution in [2.45, 2.75) is 6.18 Å². The maximum absolute atomic E-state index is 12.9. The van der Waals surface area contributed by atoms with Crippen LogP contribution < -0.4 is 10.2 Å². The van der Waals surface area contributed by atoms with Crippen LogP contribution in [-0.4, -0.2) is 49.0 Å². The minimum Gasteiger partial charge on any atom is -0.345 e. The summed E-state index contributed by atoms with van der Waals surface area (Å²) in [5.74, 6) is -0.584. The van der Waals surface area contributed by atoms with E-state index in [1.807, 2.05) is 6.07 Å².